The molecular formula is C23H40N6. The monoisotopic (exact) mass is 400 g/mol. The van der Waals surface area contributed by atoms with Gasteiger partial charge >= 0.3 is 0 Å². The van der Waals surface area contributed by atoms with Crippen LogP contribution in [0, 0.1) is 5.92 Å². The molecule has 6 heteroatoms. The smallest absolute Gasteiger partial charge is 0.225 e. The van der Waals surface area contributed by atoms with Crippen LogP contribution in [-0.4, -0.2) is 89.1 Å². The first-order valence-electron chi connectivity index (χ1n) is 11.8. The highest BCUT2D eigenvalue weighted by Gasteiger charge is 2.41. The van der Waals surface area contributed by atoms with Crippen molar-refractivity contribution < 1.29 is 0 Å². The maximum absolute atomic E-state index is 4.80. The molecule has 0 aromatic carbocycles. The molecule has 0 aliphatic carbocycles. The molecule has 3 saturated heterocycles. The number of nitrogens with zero attached hydrogens (tertiary/aromatic N) is 6. The SMILES string of the molecule is CCN1CCC(CN(C)Cc2cnc(N3C4CCC3CN(C(C)C)C4)nc2)CC1. The standard InChI is InChI=1S/C23H40N6/c1-5-27-10-8-19(9-11-27)14-26(4)15-20-12-24-23(25-13-20)29-21-6-7-22(29)17-28(16-21)18(2)3/h12-13,18-19,21-22H,5-11,14-17H2,1-4H3. The minimum absolute atomic E-state index is 0.582. The van der Waals surface area contributed by atoms with Gasteiger partial charge in [0.1, 0.15) is 0 Å². The highest BCUT2D eigenvalue weighted by atomic mass is 15.4. The zero-order valence-corrected chi connectivity index (χ0v) is 18.9. The molecule has 1 aromatic heterocycles. The molecule has 0 amide bonds. The van der Waals surface area contributed by atoms with Gasteiger partial charge in [-0.3, -0.25) is 4.90 Å². The number of anilines is 1. The average Bonchev–Trinajstić information content (AvgIpc) is 2.98. The summed E-state index contributed by atoms with van der Waals surface area (Å²) in [4.78, 5) is 19.7. The Hall–Kier alpha value is -1.24. The van der Waals surface area contributed by atoms with Crippen molar-refractivity contribution >= 4 is 5.95 Å². The fraction of sp³-hybridized carbons (Fsp3) is 0.826. The molecule has 2 unspecified atom stereocenters. The van der Waals surface area contributed by atoms with Crippen molar-refractivity contribution in [1.82, 2.24) is 24.7 Å². The quantitative estimate of drug-likeness (QED) is 0.701. The minimum Gasteiger partial charge on any atom is -0.332 e. The van der Waals surface area contributed by atoms with Crippen molar-refractivity contribution in [3.63, 3.8) is 0 Å². The van der Waals surface area contributed by atoms with Gasteiger partial charge in [-0.1, -0.05) is 6.92 Å². The van der Waals surface area contributed by atoms with Crippen LogP contribution in [0.5, 0.6) is 0 Å². The van der Waals surface area contributed by atoms with Crippen molar-refractivity contribution in [3.05, 3.63) is 18.0 Å². The van der Waals surface area contributed by atoms with Crippen LogP contribution in [0.15, 0.2) is 12.4 Å². The molecule has 3 aliphatic heterocycles. The molecular weight excluding hydrogens is 360 g/mol. The summed E-state index contributed by atoms with van der Waals surface area (Å²) in [5.41, 5.74) is 1.23. The van der Waals surface area contributed by atoms with Crippen molar-refractivity contribution in [2.75, 3.05) is 51.2 Å². The minimum atomic E-state index is 0.582. The zero-order chi connectivity index (χ0) is 20.4. The Balaban J connectivity index is 1.30. The van der Waals surface area contributed by atoms with Crippen molar-refractivity contribution in [2.45, 2.75) is 71.1 Å². The van der Waals surface area contributed by atoms with Crippen molar-refractivity contribution in [1.29, 1.82) is 0 Å². The van der Waals surface area contributed by atoms with Crippen LogP contribution < -0.4 is 4.90 Å². The second kappa shape index (κ2) is 9.27. The molecule has 29 heavy (non-hydrogen) atoms. The molecule has 0 saturated carbocycles. The lowest BCUT2D eigenvalue weighted by Crippen LogP contribution is -2.56. The molecule has 162 valence electrons. The van der Waals surface area contributed by atoms with E-state index in [9.17, 15) is 0 Å². The van der Waals surface area contributed by atoms with Crippen molar-refractivity contribution in [3.8, 4) is 0 Å². The number of fused-ring (bicyclic) bond motifs is 2. The number of piperidine rings is 1. The third-order valence-corrected chi connectivity index (χ3v) is 7.34. The van der Waals surface area contributed by atoms with Gasteiger partial charge in [-0.2, -0.15) is 0 Å². The normalized spacial score (nSPS) is 26.8. The van der Waals surface area contributed by atoms with Crippen LogP contribution in [0.3, 0.4) is 0 Å². The molecule has 0 spiro atoms. The Morgan fingerprint density at radius 3 is 2.21 bits per heavy atom. The van der Waals surface area contributed by atoms with E-state index in [-0.39, 0.29) is 0 Å². The Morgan fingerprint density at radius 1 is 1.03 bits per heavy atom. The molecule has 3 fully saturated rings. The summed E-state index contributed by atoms with van der Waals surface area (Å²) in [6.45, 7) is 15.0. The number of piperazine rings is 1. The number of rotatable bonds is 7. The van der Waals surface area contributed by atoms with E-state index in [1.807, 2.05) is 0 Å². The molecule has 1 aromatic rings. The first-order valence-corrected chi connectivity index (χ1v) is 11.8. The zero-order valence-electron chi connectivity index (χ0n) is 18.9. The van der Waals surface area contributed by atoms with E-state index in [1.54, 1.807) is 0 Å². The first-order chi connectivity index (χ1) is 14.0. The molecule has 6 nitrogen and oxygen atoms in total. The van der Waals surface area contributed by atoms with E-state index in [1.165, 1.54) is 57.4 Å². The highest BCUT2D eigenvalue weighted by Crippen LogP contribution is 2.33. The maximum Gasteiger partial charge on any atom is 0.225 e. The van der Waals surface area contributed by atoms with Crippen LogP contribution in [0.4, 0.5) is 5.95 Å². The number of hydrogen-bond acceptors (Lipinski definition) is 6. The fourth-order valence-corrected chi connectivity index (χ4v) is 5.55. The maximum atomic E-state index is 4.80. The molecule has 3 aliphatic rings. The first kappa shape index (κ1) is 21.0. The summed E-state index contributed by atoms with van der Waals surface area (Å²) >= 11 is 0. The van der Waals surface area contributed by atoms with Crippen LogP contribution in [-0.2, 0) is 6.54 Å². The lowest BCUT2D eigenvalue weighted by atomic mass is 9.96. The predicted octanol–water partition coefficient (Wildman–Crippen LogP) is 2.70. The number of aromatic nitrogens is 2. The van der Waals surface area contributed by atoms with E-state index in [2.05, 4.69) is 59.8 Å². The number of likely N-dealkylation sites (tertiary alicyclic amines) is 2. The summed E-state index contributed by atoms with van der Waals surface area (Å²) in [7, 11) is 2.24. The van der Waals surface area contributed by atoms with Gasteiger partial charge in [0.05, 0.1) is 0 Å². The Morgan fingerprint density at radius 2 is 1.66 bits per heavy atom. The van der Waals surface area contributed by atoms with Gasteiger partial charge in [0.2, 0.25) is 5.95 Å². The topological polar surface area (TPSA) is 38.7 Å². The average molecular weight is 401 g/mol. The van der Waals surface area contributed by atoms with Gasteiger partial charge in [-0.15, -0.1) is 0 Å². The summed E-state index contributed by atoms with van der Waals surface area (Å²) in [6.07, 6.45) is 9.34. The molecule has 2 atom stereocenters. The predicted molar refractivity (Wildman–Crippen MR) is 119 cm³/mol. The molecule has 4 rings (SSSR count). The molecule has 0 N–H and O–H groups in total. The van der Waals surface area contributed by atoms with Gasteiger partial charge in [-0.25, -0.2) is 9.97 Å². The third kappa shape index (κ3) is 4.92. The molecule has 4 heterocycles. The largest absolute Gasteiger partial charge is 0.332 e. The van der Waals surface area contributed by atoms with Crippen LogP contribution in [0.1, 0.15) is 52.0 Å². The van der Waals surface area contributed by atoms with Crippen LogP contribution in [0.2, 0.25) is 0 Å². The van der Waals surface area contributed by atoms with E-state index in [0.717, 1.165) is 31.5 Å². The third-order valence-electron chi connectivity index (χ3n) is 7.34. The van der Waals surface area contributed by atoms with E-state index in [4.69, 9.17) is 9.97 Å². The lowest BCUT2D eigenvalue weighted by molar-refractivity contribution is 0.157. The van der Waals surface area contributed by atoms with Gasteiger partial charge in [0.15, 0.2) is 0 Å². The second-order valence-electron chi connectivity index (χ2n) is 9.81. The second-order valence-corrected chi connectivity index (χ2v) is 9.81. The van der Waals surface area contributed by atoms with Gasteiger partial charge in [0, 0.05) is 62.3 Å². The molecule has 2 bridgehead atoms. The highest BCUT2D eigenvalue weighted by molar-refractivity contribution is 5.37. The van der Waals surface area contributed by atoms with E-state index >= 15 is 0 Å². The summed E-state index contributed by atoms with van der Waals surface area (Å²) in [5.74, 6) is 1.77. The van der Waals surface area contributed by atoms with Gasteiger partial charge < -0.3 is 14.7 Å². The Bertz CT molecular complexity index is 625. The summed E-state index contributed by atoms with van der Waals surface area (Å²) in [6, 6.07) is 1.80. The number of hydrogen-bond donors (Lipinski definition) is 0. The van der Waals surface area contributed by atoms with E-state index in [0.29, 0.717) is 18.1 Å². The Labute approximate surface area is 177 Å². The van der Waals surface area contributed by atoms with Crippen LogP contribution >= 0.6 is 0 Å². The molecule has 0 radical (unpaired) electrons. The van der Waals surface area contributed by atoms with Gasteiger partial charge in [0.25, 0.3) is 0 Å². The van der Waals surface area contributed by atoms with E-state index < -0.39 is 0 Å². The summed E-state index contributed by atoms with van der Waals surface area (Å²) < 4.78 is 0. The summed E-state index contributed by atoms with van der Waals surface area (Å²) in [5, 5.41) is 0. The van der Waals surface area contributed by atoms with Gasteiger partial charge in [-0.05, 0) is 72.1 Å². The van der Waals surface area contributed by atoms with Crippen molar-refractivity contribution in [2.24, 2.45) is 5.92 Å². The van der Waals surface area contributed by atoms with Crippen LogP contribution in [0.25, 0.3) is 0 Å². The fourth-order valence-electron chi connectivity index (χ4n) is 5.55. The Kier molecular flexibility index (Phi) is 6.72. The lowest BCUT2D eigenvalue weighted by Gasteiger charge is -2.42.